The fourth-order valence-electron chi connectivity index (χ4n) is 1.34. The third-order valence-electron chi connectivity index (χ3n) is 2.07. The molecule has 0 atom stereocenters. The first-order valence-corrected chi connectivity index (χ1v) is 5.27. The second-order valence-corrected chi connectivity index (χ2v) is 3.69. The van der Waals surface area contributed by atoms with E-state index in [9.17, 15) is 13.2 Å². The number of hydrogen-bond donors (Lipinski definition) is 1. The Bertz CT molecular complexity index is 331. The average molecular weight is 235 g/mol. The molecule has 1 N–H and O–H groups in total. The number of hydrogen-bond acceptors (Lipinski definition) is 2. The Hall–Kier alpha value is -1.20. The van der Waals surface area contributed by atoms with E-state index in [-0.39, 0.29) is 6.54 Å². The van der Waals surface area contributed by atoms with Crippen LogP contribution in [0.1, 0.15) is 25.5 Å². The van der Waals surface area contributed by atoms with Crippen molar-refractivity contribution in [3.8, 4) is 0 Å². The van der Waals surface area contributed by atoms with E-state index in [2.05, 4.69) is 10.3 Å². The molecule has 1 aromatic heterocycles. The van der Waals surface area contributed by atoms with Gasteiger partial charge in [-0.25, -0.2) is 4.98 Å². The van der Waals surface area contributed by atoms with Crippen molar-refractivity contribution in [2.24, 2.45) is 0 Å². The zero-order valence-electron chi connectivity index (χ0n) is 9.43. The molecule has 0 saturated heterocycles. The van der Waals surface area contributed by atoms with Gasteiger partial charge in [0.15, 0.2) is 0 Å². The highest BCUT2D eigenvalue weighted by atomic mass is 19.4. The molecule has 0 unspecified atom stereocenters. The molecule has 1 aromatic rings. The minimum Gasteiger partial charge on any atom is -0.356 e. The fraction of sp³-hybridized carbons (Fsp3) is 0.700. The van der Waals surface area contributed by atoms with Crippen molar-refractivity contribution < 1.29 is 13.2 Å². The summed E-state index contributed by atoms with van der Waals surface area (Å²) in [6, 6.07) is 0. The molecule has 16 heavy (non-hydrogen) atoms. The van der Waals surface area contributed by atoms with Gasteiger partial charge in [-0.15, -0.1) is 0 Å². The predicted molar refractivity (Wildman–Crippen MR) is 56.4 cm³/mol. The van der Waals surface area contributed by atoms with Crippen LogP contribution in [0.25, 0.3) is 0 Å². The van der Waals surface area contributed by atoms with Gasteiger partial charge in [-0.3, -0.25) is 0 Å². The van der Waals surface area contributed by atoms with Crippen LogP contribution in [-0.2, 0) is 6.54 Å². The van der Waals surface area contributed by atoms with Gasteiger partial charge in [0, 0.05) is 19.3 Å². The van der Waals surface area contributed by atoms with Gasteiger partial charge in [0.05, 0.1) is 12.1 Å². The summed E-state index contributed by atoms with van der Waals surface area (Å²) in [4.78, 5) is 4.13. The molecule has 0 bridgehead atoms. The van der Waals surface area contributed by atoms with Crippen LogP contribution in [-0.4, -0.2) is 22.3 Å². The lowest BCUT2D eigenvalue weighted by Gasteiger charge is -2.10. The first-order chi connectivity index (χ1) is 7.42. The van der Waals surface area contributed by atoms with Gasteiger partial charge in [-0.1, -0.05) is 6.92 Å². The van der Waals surface area contributed by atoms with Crippen molar-refractivity contribution in [1.82, 2.24) is 9.55 Å². The predicted octanol–water partition coefficient (Wildman–Crippen LogP) is 2.97. The second kappa shape index (κ2) is 5.23. The summed E-state index contributed by atoms with van der Waals surface area (Å²) in [7, 11) is 0. The lowest BCUT2D eigenvalue weighted by molar-refractivity contribution is -0.136. The molecule has 3 nitrogen and oxygen atoms in total. The van der Waals surface area contributed by atoms with Crippen LogP contribution in [0.2, 0.25) is 0 Å². The van der Waals surface area contributed by atoms with Crippen molar-refractivity contribution >= 4 is 5.95 Å². The van der Waals surface area contributed by atoms with Crippen LogP contribution in [0.4, 0.5) is 19.1 Å². The molecule has 0 aliphatic carbocycles. The van der Waals surface area contributed by atoms with Crippen LogP contribution >= 0.6 is 0 Å². The molecule has 0 aliphatic heterocycles. The zero-order valence-corrected chi connectivity index (χ0v) is 9.43. The summed E-state index contributed by atoms with van der Waals surface area (Å²) < 4.78 is 37.7. The normalized spacial score (nSPS) is 11.8. The Kier molecular flexibility index (Phi) is 4.20. The third-order valence-corrected chi connectivity index (χ3v) is 2.07. The Morgan fingerprint density at radius 1 is 1.44 bits per heavy atom. The molecule has 0 radical (unpaired) electrons. The number of nitrogens with zero attached hydrogens (tertiary/aromatic N) is 2. The summed E-state index contributed by atoms with van der Waals surface area (Å²) in [5.74, 6) is 0.517. The average Bonchev–Trinajstić information content (AvgIpc) is 2.52. The Morgan fingerprint density at radius 2 is 2.12 bits per heavy atom. The largest absolute Gasteiger partial charge is 0.390 e. The van der Waals surface area contributed by atoms with Crippen molar-refractivity contribution in [3.05, 3.63) is 11.9 Å². The van der Waals surface area contributed by atoms with E-state index in [1.807, 2.05) is 6.92 Å². The number of aromatic nitrogens is 2. The molecular formula is C10H16F3N3. The number of rotatable bonds is 5. The number of aryl methyl sites for hydroxylation is 2. The molecule has 0 amide bonds. The van der Waals surface area contributed by atoms with Crippen LogP contribution in [0.5, 0.6) is 0 Å². The lowest BCUT2D eigenvalue weighted by atomic mass is 10.4. The number of halogens is 3. The Labute approximate surface area is 92.7 Å². The van der Waals surface area contributed by atoms with E-state index in [1.165, 1.54) is 4.57 Å². The summed E-state index contributed by atoms with van der Waals surface area (Å²) in [5.41, 5.74) is 0.723. The van der Waals surface area contributed by atoms with E-state index in [4.69, 9.17) is 0 Å². The van der Waals surface area contributed by atoms with Crippen molar-refractivity contribution in [1.29, 1.82) is 0 Å². The summed E-state index contributed by atoms with van der Waals surface area (Å²) in [6.07, 6.45) is -2.42. The Morgan fingerprint density at radius 3 is 2.69 bits per heavy atom. The van der Waals surface area contributed by atoms with E-state index < -0.39 is 12.6 Å². The summed E-state index contributed by atoms with van der Waals surface area (Å²) >= 11 is 0. The fourth-order valence-corrected chi connectivity index (χ4v) is 1.34. The molecule has 0 aromatic carbocycles. The topological polar surface area (TPSA) is 29.9 Å². The van der Waals surface area contributed by atoms with Crippen molar-refractivity contribution in [3.63, 3.8) is 0 Å². The van der Waals surface area contributed by atoms with Gasteiger partial charge in [-0.05, 0) is 13.3 Å². The zero-order chi connectivity index (χ0) is 12.2. The minimum atomic E-state index is -4.12. The highest BCUT2D eigenvalue weighted by Gasteiger charge is 2.27. The monoisotopic (exact) mass is 235 g/mol. The molecular weight excluding hydrogens is 219 g/mol. The number of alkyl halides is 3. The summed E-state index contributed by atoms with van der Waals surface area (Å²) in [6.45, 7) is 4.38. The molecule has 1 rings (SSSR count). The third kappa shape index (κ3) is 4.12. The molecule has 1 heterocycles. The molecule has 0 saturated carbocycles. The number of nitrogens with one attached hydrogen (secondary N) is 1. The van der Waals surface area contributed by atoms with Crippen LogP contribution in [0.3, 0.4) is 0 Å². The first kappa shape index (κ1) is 12.9. The molecule has 92 valence electrons. The smallest absolute Gasteiger partial charge is 0.356 e. The van der Waals surface area contributed by atoms with Crippen LogP contribution in [0.15, 0.2) is 6.20 Å². The molecule has 0 spiro atoms. The number of imidazole rings is 1. The highest BCUT2D eigenvalue weighted by molar-refractivity contribution is 5.28. The van der Waals surface area contributed by atoms with Crippen LogP contribution < -0.4 is 5.32 Å². The summed E-state index contributed by atoms with van der Waals surface area (Å²) in [5, 5.41) is 3.00. The van der Waals surface area contributed by atoms with Crippen LogP contribution in [0, 0.1) is 6.92 Å². The van der Waals surface area contributed by atoms with Gasteiger partial charge in [-0.2, -0.15) is 13.2 Å². The van der Waals surface area contributed by atoms with Gasteiger partial charge < -0.3 is 9.88 Å². The van der Waals surface area contributed by atoms with E-state index in [1.54, 1.807) is 13.1 Å². The van der Waals surface area contributed by atoms with Crippen molar-refractivity contribution in [2.45, 2.75) is 39.4 Å². The Balaban J connectivity index is 2.63. The van der Waals surface area contributed by atoms with Gasteiger partial charge in [0.1, 0.15) is 0 Å². The van der Waals surface area contributed by atoms with Gasteiger partial charge >= 0.3 is 6.18 Å². The molecule has 6 heteroatoms. The molecule has 0 aliphatic rings. The SMILES string of the molecule is CCCNc1nc(C)cn1CCC(F)(F)F. The standard InChI is InChI=1S/C10H16F3N3/c1-3-5-14-9-15-8(2)7-16(9)6-4-10(11,12)13/h7H,3-6H2,1-2H3,(H,14,15). The number of anilines is 1. The van der Waals surface area contributed by atoms with E-state index in [0.717, 1.165) is 12.1 Å². The van der Waals surface area contributed by atoms with Crippen molar-refractivity contribution in [2.75, 3.05) is 11.9 Å². The van der Waals surface area contributed by atoms with Gasteiger partial charge in [0.2, 0.25) is 5.95 Å². The maximum Gasteiger partial charge on any atom is 0.390 e. The maximum atomic E-state index is 12.1. The molecule has 0 fully saturated rings. The quantitative estimate of drug-likeness (QED) is 0.850. The minimum absolute atomic E-state index is 0.0869. The maximum absolute atomic E-state index is 12.1. The highest BCUT2D eigenvalue weighted by Crippen LogP contribution is 2.21. The van der Waals surface area contributed by atoms with E-state index in [0.29, 0.717) is 12.5 Å². The van der Waals surface area contributed by atoms with E-state index >= 15 is 0 Å². The second-order valence-electron chi connectivity index (χ2n) is 3.69. The first-order valence-electron chi connectivity index (χ1n) is 5.27. The van der Waals surface area contributed by atoms with Gasteiger partial charge in [0.25, 0.3) is 0 Å². The lowest BCUT2D eigenvalue weighted by Crippen LogP contribution is -2.14.